The van der Waals surface area contributed by atoms with Crippen LogP contribution in [0.1, 0.15) is 6.42 Å². The molecule has 0 aliphatic carbocycles. The molecule has 1 aromatic carbocycles. The van der Waals surface area contributed by atoms with Crippen molar-refractivity contribution in [2.24, 2.45) is 11.0 Å². The number of carbonyl (C=O) groups excluding carboxylic acids is 1. The summed E-state index contributed by atoms with van der Waals surface area (Å²) in [6.45, 7) is 0.594. The van der Waals surface area contributed by atoms with E-state index in [9.17, 15) is 9.18 Å². The number of rotatable bonds is 3. The maximum absolute atomic E-state index is 14.0. The number of hydrogen-bond donors (Lipinski definition) is 0. The van der Waals surface area contributed by atoms with Crippen molar-refractivity contribution in [2.75, 3.05) is 18.0 Å². The maximum Gasteiger partial charge on any atom is 0.227 e. The molecule has 1 amide bonds. The van der Waals surface area contributed by atoms with Gasteiger partial charge in [-0.25, -0.2) is 4.39 Å². The highest BCUT2D eigenvalue weighted by Gasteiger charge is 2.32. The zero-order chi connectivity index (χ0) is 14.0. The van der Waals surface area contributed by atoms with E-state index in [1.807, 2.05) is 22.6 Å². The molecule has 2 rings (SSSR count). The molecule has 100 valence electrons. The molecule has 19 heavy (non-hydrogen) atoms. The van der Waals surface area contributed by atoms with Crippen LogP contribution in [0.25, 0.3) is 10.4 Å². The molecule has 1 fully saturated rings. The van der Waals surface area contributed by atoms with Crippen LogP contribution in [0, 0.1) is 15.3 Å². The Hall–Kier alpha value is -1.05. The fourth-order valence-corrected chi connectivity index (χ4v) is 3.34. The number of benzene rings is 1. The van der Waals surface area contributed by atoms with Crippen molar-refractivity contribution in [3.63, 3.8) is 0 Å². The number of hydrogen-bond acceptors (Lipinski definition) is 2. The number of halogens is 3. The third-order valence-corrected chi connectivity index (χ3v) is 3.90. The van der Waals surface area contributed by atoms with Crippen LogP contribution < -0.4 is 4.90 Å². The van der Waals surface area contributed by atoms with Crippen LogP contribution >= 0.6 is 34.2 Å². The minimum Gasteiger partial charge on any atom is -0.308 e. The number of azide groups is 1. The zero-order valence-electron chi connectivity index (χ0n) is 9.68. The first-order chi connectivity index (χ1) is 9.02. The van der Waals surface area contributed by atoms with Crippen LogP contribution in [0.4, 0.5) is 10.1 Å². The molecule has 1 unspecified atom stereocenters. The highest BCUT2D eigenvalue weighted by molar-refractivity contribution is 14.1. The maximum atomic E-state index is 14.0. The van der Waals surface area contributed by atoms with Crippen molar-refractivity contribution >= 4 is 45.8 Å². The second kappa shape index (κ2) is 5.94. The number of anilines is 1. The van der Waals surface area contributed by atoms with E-state index >= 15 is 0 Å². The van der Waals surface area contributed by atoms with Gasteiger partial charge in [-0.15, -0.1) is 0 Å². The summed E-state index contributed by atoms with van der Waals surface area (Å²) in [6, 6.07) is 2.79. The first-order valence-electron chi connectivity index (χ1n) is 5.48. The van der Waals surface area contributed by atoms with Gasteiger partial charge in [-0.1, -0.05) is 16.7 Å². The average molecular weight is 395 g/mol. The number of amides is 1. The van der Waals surface area contributed by atoms with Gasteiger partial charge < -0.3 is 4.90 Å². The van der Waals surface area contributed by atoms with Gasteiger partial charge in [-0.3, -0.25) is 4.79 Å². The Labute approximate surface area is 127 Å². The van der Waals surface area contributed by atoms with Gasteiger partial charge in [-0.2, -0.15) is 0 Å². The molecular weight excluding hydrogens is 386 g/mol. The molecule has 8 heteroatoms. The minimum absolute atomic E-state index is 0.0747. The summed E-state index contributed by atoms with van der Waals surface area (Å²) in [7, 11) is 0. The first-order valence-corrected chi connectivity index (χ1v) is 6.94. The molecule has 0 N–H and O–H groups in total. The first kappa shape index (κ1) is 14.4. The molecule has 5 nitrogen and oxygen atoms in total. The lowest BCUT2D eigenvalue weighted by Gasteiger charge is -2.19. The second-order valence-electron chi connectivity index (χ2n) is 4.21. The number of nitrogens with zero attached hydrogens (tertiary/aromatic N) is 4. The van der Waals surface area contributed by atoms with Gasteiger partial charge in [0.25, 0.3) is 0 Å². The molecule has 0 bridgehead atoms. The minimum atomic E-state index is -0.519. The van der Waals surface area contributed by atoms with Gasteiger partial charge in [0.15, 0.2) is 0 Å². The Kier molecular flexibility index (Phi) is 4.49. The predicted molar refractivity (Wildman–Crippen MR) is 78.6 cm³/mol. The van der Waals surface area contributed by atoms with Gasteiger partial charge >= 0.3 is 0 Å². The van der Waals surface area contributed by atoms with E-state index in [1.165, 1.54) is 11.0 Å². The summed E-state index contributed by atoms with van der Waals surface area (Å²) < 4.78 is 14.5. The van der Waals surface area contributed by atoms with Gasteiger partial charge in [0.2, 0.25) is 5.91 Å². The van der Waals surface area contributed by atoms with Crippen molar-refractivity contribution in [1.82, 2.24) is 0 Å². The zero-order valence-corrected chi connectivity index (χ0v) is 12.6. The third kappa shape index (κ3) is 3.10. The van der Waals surface area contributed by atoms with E-state index in [2.05, 4.69) is 10.0 Å². The molecular formula is C11H9ClFIN4O. The Morgan fingerprint density at radius 3 is 3.00 bits per heavy atom. The van der Waals surface area contributed by atoms with Crippen LogP contribution in [0.2, 0.25) is 5.02 Å². The largest absolute Gasteiger partial charge is 0.308 e. The van der Waals surface area contributed by atoms with Crippen LogP contribution in [0.5, 0.6) is 0 Å². The fraction of sp³-hybridized carbons (Fsp3) is 0.364. The summed E-state index contributed by atoms with van der Waals surface area (Å²) in [4.78, 5) is 16.0. The van der Waals surface area contributed by atoms with E-state index < -0.39 is 5.82 Å². The quantitative estimate of drug-likeness (QED) is 0.333. The lowest BCUT2D eigenvalue weighted by molar-refractivity contribution is -0.117. The molecule has 0 spiro atoms. The molecule has 1 atom stereocenters. The summed E-state index contributed by atoms with van der Waals surface area (Å²) >= 11 is 7.71. The monoisotopic (exact) mass is 394 g/mol. The molecule has 0 saturated carbocycles. The van der Waals surface area contributed by atoms with E-state index in [1.54, 1.807) is 6.07 Å². The highest BCUT2D eigenvalue weighted by Crippen LogP contribution is 2.33. The van der Waals surface area contributed by atoms with Crippen molar-refractivity contribution in [3.8, 4) is 0 Å². The summed E-state index contributed by atoms with van der Waals surface area (Å²) in [5.41, 5.74) is 8.53. The summed E-state index contributed by atoms with van der Waals surface area (Å²) in [5, 5.41) is 3.75. The Balaban J connectivity index is 2.28. The van der Waals surface area contributed by atoms with Crippen molar-refractivity contribution in [3.05, 3.63) is 37.0 Å². The topological polar surface area (TPSA) is 69.1 Å². The Morgan fingerprint density at radius 1 is 1.63 bits per heavy atom. The normalized spacial score (nSPS) is 18.6. The summed E-state index contributed by atoms with van der Waals surface area (Å²) in [6.07, 6.45) is 0.261. The van der Waals surface area contributed by atoms with E-state index in [4.69, 9.17) is 17.1 Å². The van der Waals surface area contributed by atoms with Crippen LogP contribution in [0.15, 0.2) is 17.2 Å². The molecule has 1 aliphatic rings. The van der Waals surface area contributed by atoms with E-state index in [0.29, 0.717) is 15.1 Å². The fourth-order valence-electron chi connectivity index (χ4n) is 2.06. The van der Waals surface area contributed by atoms with Crippen molar-refractivity contribution in [1.29, 1.82) is 0 Å². The van der Waals surface area contributed by atoms with Gasteiger partial charge in [-0.05, 0) is 46.2 Å². The van der Waals surface area contributed by atoms with Crippen LogP contribution in [-0.2, 0) is 4.79 Å². The molecule has 1 saturated heterocycles. The third-order valence-electron chi connectivity index (χ3n) is 2.86. The summed E-state index contributed by atoms with van der Waals surface area (Å²) in [5.74, 6) is -0.763. The average Bonchev–Trinajstić information content (AvgIpc) is 2.67. The molecule has 0 radical (unpaired) electrons. The van der Waals surface area contributed by atoms with Crippen molar-refractivity contribution in [2.45, 2.75) is 6.42 Å². The molecule has 0 aromatic heterocycles. The molecule has 1 aliphatic heterocycles. The smallest absolute Gasteiger partial charge is 0.227 e. The highest BCUT2D eigenvalue weighted by atomic mass is 127. The molecule has 1 aromatic rings. The SMILES string of the molecule is [N-]=[N+]=NCC1CC(=O)N(c2c(F)cc(Cl)cc2I)C1. The Morgan fingerprint density at radius 2 is 2.37 bits per heavy atom. The predicted octanol–water partition coefficient (Wildman–Crippen LogP) is 3.75. The lowest BCUT2D eigenvalue weighted by Crippen LogP contribution is -2.26. The molecule has 1 heterocycles. The van der Waals surface area contributed by atoms with Crippen LogP contribution in [-0.4, -0.2) is 19.0 Å². The standard InChI is InChI=1S/C11H9ClFIN4O/c12-7-2-8(13)11(9(14)3-7)18-5-6(1-10(18)19)4-16-17-15/h2-3,6H,1,4-5H2. The van der Waals surface area contributed by atoms with Crippen LogP contribution in [0.3, 0.4) is 0 Å². The van der Waals surface area contributed by atoms with Gasteiger partial charge in [0, 0.05) is 33.0 Å². The lowest BCUT2D eigenvalue weighted by atomic mass is 10.1. The van der Waals surface area contributed by atoms with Crippen molar-refractivity contribution < 1.29 is 9.18 Å². The Bertz CT molecular complexity index is 553. The van der Waals surface area contributed by atoms with Gasteiger partial charge in [0.05, 0.1) is 5.69 Å². The van der Waals surface area contributed by atoms with E-state index in [-0.39, 0.29) is 30.5 Å². The van der Waals surface area contributed by atoms with E-state index in [0.717, 1.165) is 0 Å². The number of carbonyl (C=O) groups is 1. The second-order valence-corrected chi connectivity index (χ2v) is 5.80. The van der Waals surface area contributed by atoms with Gasteiger partial charge in [0.1, 0.15) is 5.82 Å².